The number of nitrogens with two attached hydrogens (primary N) is 1. The first-order chi connectivity index (χ1) is 13.5. The van der Waals surface area contributed by atoms with Gasteiger partial charge in [0.25, 0.3) is 0 Å². The molecule has 3 aromatic rings. The monoisotopic (exact) mass is 376 g/mol. The molecule has 4 heteroatoms. The van der Waals surface area contributed by atoms with E-state index in [1.165, 1.54) is 32.1 Å². The van der Waals surface area contributed by atoms with Crippen molar-refractivity contribution in [1.82, 2.24) is 4.98 Å². The van der Waals surface area contributed by atoms with Crippen LogP contribution in [0.1, 0.15) is 53.6 Å². The Bertz CT molecular complexity index is 958. The van der Waals surface area contributed by atoms with Crippen LogP contribution in [0.4, 0.5) is 0 Å². The summed E-state index contributed by atoms with van der Waals surface area (Å²) in [5.74, 6) is -0.917. The lowest BCUT2D eigenvalue weighted by Crippen LogP contribution is -2.22. The molecule has 0 atom stereocenters. The van der Waals surface area contributed by atoms with E-state index < -0.39 is 5.97 Å². The zero-order valence-corrected chi connectivity index (χ0v) is 16.6. The second-order valence-corrected chi connectivity index (χ2v) is 7.55. The van der Waals surface area contributed by atoms with Crippen LogP contribution in [0.15, 0.2) is 48.5 Å². The van der Waals surface area contributed by atoms with Crippen molar-refractivity contribution < 1.29 is 9.90 Å². The number of hydrogen-bond acceptors (Lipinski definition) is 3. The van der Waals surface area contributed by atoms with Gasteiger partial charge in [0.05, 0.1) is 16.8 Å². The molecule has 1 saturated carbocycles. The summed E-state index contributed by atoms with van der Waals surface area (Å²) in [5.41, 5.74) is 10.2. The predicted molar refractivity (Wildman–Crippen MR) is 115 cm³/mol. The largest absolute Gasteiger partial charge is 0.478 e. The topological polar surface area (TPSA) is 76.2 Å². The quantitative estimate of drug-likeness (QED) is 0.619. The highest BCUT2D eigenvalue weighted by Crippen LogP contribution is 2.29. The minimum Gasteiger partial charge on any atom is -0.478 e. The van der Waals surface area contributed by atoms with E-state index in [9.17, 15) is 9.90 Å². The zero-order valence-electron chi connectivity index (χ0n) is 16.6. The molecular formula is C24H28N2O2. The summed E-state index contributed by atoms with van der Waals surface area (Å²) >= 11 is 0. The number of hydrogen-bond donors (Lipinski definition) is 2. The standard InChI is InChI=1S/C18H15NO2.C6H13N/c1-11-7-9-13(10-8-11)17-12(2)16(18(20)21)14-5-3-4-6-15(14)19-17;7-6-4-2-1-3-5-6/h3-10H,1-2H3,(H,20,21);6H,1-5,7H2. The van der Waals surface area contributed by atoms with Gasteiger partial charge in [-0.3, -0.25) is 0 Å². The number of para-hydroxylation sites is 1. The number of aromatic carboxylic acids is 1. The van der Waals surface area contributed by atoms with Crippen molar-refractivity contribution in [2.24, 2.45) is 5.73 Å². The fraction of sp³-hybridized carbons (Fsp3) is 0.333. The van der Waals surface area contributed by atoms with Crippen molar-refractivity contribution in [3.8, 4) is 11.3 Å². The van der Waals surface area contributed by atoms with Crippen LogP contribution in [0.2, 0.25) is 0 Å². The Morgan fingerprint density at radius 1 is 1.00 bits per heavy atom. The fourth-order valence-corrected chi connectivity index (χ4v) is 3.71. The molecule has 2 aromatic carbocycles. The van der Waals surface area contributed by atoms with E-state index >= 15 is 0 Å². The highest BCUT2D eigenvalue weighted by Gasteiger charge is 2.17. The Kier molecular flexibility index (Phi) is 6.42. The third-order valence-electron chi connectivity index (χ3n) is 5.32. The van der Waals surface area contributed by atoms with Crippen molar-refractivity contribution in [3.05, 3.63) is 65.2 Å². The molecule has 3 N–H and O–H groups in total. The van der Waals surface area contributed by atoms with E-state index in [1.807, 2.05) is 56.3 Å². The Hall–Kier alpha value is -2.72. The highest BCUT2D eigenvalue weighted by molar-refractivity contribution is 6.05. The minimum absolute atomic E-state index is 0.330. The molecule has 146 valence electrons. The number of aryl methyl sites for hydroxylation is 1. The molecule has 0 bridgehead atoms. The van der Waals surface area contributed by atoms with E-state index in [0.717, 1.165) is 16.8 Å². The van der Waals surface area contributed by atoms with Gasteiger partial charge in [-0.1, -0.05) is 67.3 Å². The van der Waals surface area contributed by atoms with Crippen LogP contribution >= 0.6 is 0 Å². The predicted octanol–water partition coefficient (Wildman–Crippen LogP) is 5.49. The Labute approximate surface area is 166 Å². The van der Waals surface area contributed by atoms with Gasteiger partial charge in [0, 0.05) is 17.0 Å². The van der Waals surface area contributed by atoms with Gasteiger partial charge < -0.3 is 10.8 Å². The maximum Gasteiger partial charge on any atom is 0.336 e. The number of carbonyl (C=O) groups is 1. The first-order valence-electron chi connectivity index (χ1n) is 9.92. The van der Waals surface area contributed by atoms with Crippen LogP contribution < -0.4 is 5.73 Å². The molecule has 1 aliphatic carbocycles. The molecule has 0 amide bonds. The molecule has 4 rings (SSSR count). The lowest BCUT2D eigenvalue weighted by Gasteiger charge is -2.15. The van der Waals surface area contributed by atoms with Crippen LogP contribution in [-0.2, 0) is 0 Å². The maximum atomic E-state index is 11.6. The number of rotatable bonds is 2. The number of carboxylic acid groups (broad SMARTS) is 1. The summed E-state index contributed by atoms with van der Waals surface area (Å²) in [4.78, 5) is 16.3. The highest BCUT2D eigenvalue weighted by atomic mass is 16.4. The SMILES string of the molecule is Cc1ccc(-c2nc3ccccc3c(C(=O)O)c2C)cc1.NC1CCCCC1. The van der Waals surface area contributed by atoms with Gasteiger partial charge in [-0.05, 0) is 38.3 Å². The molecule has 1 aliphatic rings. The lowest BCUT2D eigenvalue weighted by molar-refractivity contribution is 0.0698. The second kappa shape index (κ2) is 8.98. The molecule has 1 aromatic heterocycles. The van der Waals surface area contributed by atoms with Crippen molar-refractivity contribution in [3.63, 3.8) is 0 Å². The van der Waals surface area contributed by atoms with Gasteiger partial charge >= 0.3 is 5.97 Å². The normalized spacial score (nSPS) is 14.4. The molecule has 0 aliphatic heterocycles. The van der Waals surface area contributed by atoms with Gasteiger partial charge in [-0.15, -0.1) is 0 Å². The summed E-state index contributed by atoms with van der Waals surface area (Å²) in [6.45, 7) is 3.84. The van der Waals surface area contributed by atoms with Crippen LogP contribution in [-0.4, -0.2) is 22.1 Å². The van der Waals surface area contributed by atoms with Crippen LogP contribution in [0.25, 0.3) is 22.2 Å². The number of aromatic nitrogens is 1. The average molecular weight is 377 g/mol. The van der Waals surface area contributed by atoms with Crippen LogP contribution in [0.3, 0.4) is 0 Å². The van der Waals surface area contributed by atoms with Crippen LogP contribution in [0, 0.1) is 13.8 Å². The second-order valence-electron chi connectivity index (χ2n) is 7.55. The molecule has 1 fully saturated rings. The molecule has 1 heterocycles. The van der Waals surface area contributed by atoms with Crippen LogP contribution in [0.5, 0.6) is 0 Å². The number of nitrogens with zero attached hydrogens (tertiary/aromatic N) is 1. The summed E-state index contributed by atoms with van der Waals surface area (Å²) in [6, 6.07) is 15.9. The van der Waals surface area contributed by atoms with E-state index in [0.29, 0.717) is 28.1 Å². The number of fused-ring (bicyclic) bond motifs is 1. The number of benzene rings is 2. The molecule has 0 saturated heterocycles. The number of carboxylic acids is 1. The van der Waals surface area contributed by atoms with E-state index in [2.05, 4.69) is 4.98 Å². The van der Waals surface area contributed by atoms with E-state index in [4.69, 9.17) is 5.73 Å². The van der Waals surface area contributed by atoms with Gasteiger partial charge in [0.2, 0.25) is 0 Å². The minimum atomic E-state index is -0.917. The average Bonchev–Trinajstić information content (AvgIpc) is 2.69. The Morgan fingerprint density at radius 2 is 1.64 bits per heavy atom. The van der Waals surface area contributed by atoms with Crippen molar-refractivity contribution >= 4 is 16.9 Å². The summed E-state index contributed by atoms with van der Waals surface area (Å²) in [7, 11) is 0. The van der Waals surface area contributed by atoms with E-state index in [-0.39, 0.29) is 0 Å². The van der Waals surface area contributed by atoms with Crippen molar-refractivity contribution in [2.45, 2.75) is 52.0 Å². The van der Waals surface area contributed by atoms with Crippen molar-refractivity contribution in [2.75, 3.05) is 0 Å². The summed E-state index contributed by atoms with van der Waals surface area (Å²) in [5, 5.41) is 10.2. The van der Waals surface area contributed by atoms with E-state index in [1.54, 1.807) is 6.07 Å². The summed E-state index contributed by atoms with van der Waals surface area (Å²) in [6.07, 6.45) is 6.66. The van der Waals surface area contributed by atoms with Gasteiger partial charge in [-0.25, -0.2) is 9.78 Å². The molecule has 4 nitrogen and oxygen atoms in total. The zero-order chi connectivity index (χ0) is 20.1. The number of pyridine rings is 1. The summed E-state index contributed by atoms with van der Waals surface area (Å²) < 4.78 is 0. The smallest absolute Gasteiger partial charge is 0.336 e. The Balaban J connectivity index is 0.000000271. The first-order valence-corrected chi connectivity index (χ1v) is 9.92. The van der Waals surface area contributed by atoms with Gasteiger partial charge in [0.15, 0.2) is 0 Å². The van der Waals surface area contributed by atoms with Crippen molar-refractivity contribution in [1.29, 1.82) is 0 Å². The molecule has 0 unspecified atom stereocenters. The third kappa shape index (κ3) is 4.57. The third-order valence-corrected chi connectivity index (χ3v) is 5.32. The van der Waals surface area contributed by atoms with Gasteiger partial charge in [-0.2, -0.15) is 0 Å². The Morgan fingerprint density at radius 3 is 2.21 bits per heavy atom. The fourth-order valence-electron chi connectivity index (χ4n) is 3.71. The van der Waals surface area contributed by atoms with Gasteiger partial charge in [0.1, 0.15) is 0 Å². The molecule has 0 radical (unpaired) electrons. The molecule has 0 spiro atoms. The maximum absolute atomic E-state index is 11.6. The molecule has 28 heavy (non-hydrogen) atoms. The first kappa shape index (κ1) is 20.0. The molecular weight excluding hydrogens is 348 g/mol. The lowest BCUT2D eigenvalue weighted by atomic mass is 9.97.